The van der Waals surface area contributed by atoms with Crippen LogP contribution < -0.4 is 0 Å². The first-order valence-corrected chi connectivity index (χ1v) is 5.14. The third-order valence-corrected chi connectivity index (χ3v) is 2.38. The van der Waals surface area contributed by atoms with E-state index >= 15 is 0 Å². The zero-order valence-electron chi connectivity index (χ0n) is 9.84. The normalized spacial score (nSPS) is 11.6. The third kappa shape index (κ3) is 2.13. The number of aromatic nitrogens is 2. The Bertz CT molecular complexity index is 642. The van der Waals surface area contributed by atoms with Gasteiger partial charge >= 0.3 is 5.97 Å². The molecule has 0 aliphatic rings. The lowest BCUT2D eigenvalue weighted by Crippen LogP contribution is -2.11. The molecule has 0 aliphatic heterocycles. The lowest BCUT2D eigenvalue weighted by molar-refractivity contribution is -0.137. The van der Waals surface area contributed by atoms with Gasteiger partial charge in [-0.15, -0.1) is 0 Å². The number of Topliss-reactive ketones (excluding diaryl/α,β-unsaturated/α-hetero) is 1. The molecule has 0 saturated carbocycles. The lowest BCUT2D eigenvalue weighted by Gasteiger charge is -2.01. The van der Waals surface area contributed by atoms with Crippen LogP contribution in [0.3, 0.4) is 0 Å². The van der Waals surface area contributed by atoms with Crippen LogP contribution in [0.5, 0.6) is 0 Å². The monoisotopic (exact) mass is 246 g/mol. The highest BCUT2D eigenvalue weighted by Crippen LogP contribution is 2.18. The van der Waals surface area contributed by atoms with Gasteiger partial charge in [-0.3, -0.25) is 9.78 Å². The third-order valence-electron chi connectivity index (χ3n) is 2.38. The van der Waals surface area contributed by atoms with E-state index in [-0.39, 0.29) is 5.57 Å². The van der Waals surface area contributed by atoms with Crippen LogP contribution in [0, 0.1) is 0 Å². The predicted molar refractivity (Wildman–Crippen MR) is 62.5 cm³/mol. The number of fused-ring (bicyclic) bond motifs is 1. The second kappa shape index (κ2) is 4.79. The predicted octanol–water partition coefficient (Wildman–Crippen LogP) is 1.37. The van der Waals surface area contributed by atoms with E-state index in [1.807, 2.05) is 0 Å². The molecule has 0 bridgehead atoms. The molecular formula is C12H10N2O4. The number of methoxy groups -OCH3 is 1. The van der Waals surface area contributed by atoms with Crippen molar-refractivity contribution in [3.05, 3.63) is 29.7 Å². The Hall–Kier alpha value is -2.50. The first-order chi connectivity index (χ1) is 8.63. The molecule has 2 rings (SSSR count). The van der Waals surface area contributed by atoms with Crippen molar-refractivity contribution in [2.45, 2.75) is 6.92 Å². The van der Waals surface area contributed by atoms with E-state index in [9.17, 15) is 9.59 Å². The molecule has 2 aromatic rings. The average molecular weight is 246 g/mol. The summed E-state index contributed by atoms with van der Waals surface area (Å²) in [6.07, 6.45) is 4.35. The van der Waals surface area contributed by atoms with Crippen LogP contribution in [0.15, 0.2) is 28.6 Å². The standard InChI is InChI=1S/C12H10N2O4/c1-7(15)8(12(16)17-2)5-10-9-6-14-18-11(9)3-4-13-10/h3-6H,1-2H3. The summed E-state index contributed by atoms with van der Waals surface area (Å²) in [6, 6.07) is 1.64. The van der Waals surface area contributed by atoms with Gasteiger partial charge < -0.3 is 9.26 Å². The first-order valence-electron chi connectivity index (χ1n) is 5.14. The van der Waals surface area contributed by atoms with Gasteiger partial charge in [0.15, 0.2) is 11.4 Å². The second-order valence-corrected chi connectivity index (χ2v) is 3.54. The van der Waals surface area contributed by atoms with Crippen molar-refractivity contribution in [3.8, 4) is 0 Å². The maximum absolute atomic E-state index is 11.5. The quantitative estimate of drug-likeness (QED) is 0.352. The van der Waals surface area contributed by atoms with Gasteiger partial charge in [0, 0.05) is 12.3 Å². The fraction of sp³-hybridized carbons (Fsp3) is 0.167. The van der Waals surface area contributed by atoms with Gasteiger partial charge in [-0.25, -0.2) is 4.79 Å². The van der Waals surface area contributed by atoms with E-state index in [1.165, 1.54) is 32.5 Å². The number of rotatable bonds is 3. The number of hydrogen-bond donors (Lipinski definition) is 0. The van der Waals surface area contributed by atoms with Crippen LogP contribution >= 0.6 is 0 Å². The second-order valence-electron chi connectivity index (χ2n) is 3.54. The minimum absolute atomic E-state index is 0.0706. The maximum Gasteiger partial charge on any atom is 0.341 e. The maximum atomic E-state index is 11.5. The lowest BCUT2D eigenvalue weighted by atomic mass is 10.1. The Morgan fingerprint density at radius 1 is 1.44 bits per heavy atom. The Labute approximate surface area is 102 Å². The van der Waals surface area contributed by atoms with Gasteiger partial charge in [0.2, 0.25) is 0 Å². The summed E-state index contributed by atoms with van der Waals surface area (Å²) in [4.78, 5) is 26.9. The van der Waals surface area contributed by atoms with Crippen molar-refractivity contribution in [3.63, 3.8) is 0 Å². The van der Waals surface area contributed by atoms with Gasteiger partial charge in [0.25, 0.3) is 0 Å². The van der Waals surface area contributed by atoms with Gasteiger partial charge in [-0.2, -0.15) is 0 Å². The molecule has 0 unspecified atom stereocenters. The number of carbonyl (C=O) groups excluding carboxylic acids is 2. The van der Waals surface area contributed by atoms with Gasteiger partial charge in [-0.1, -0.05) is 5.16 Å². The van der Waals surface area contributed by atoms with E-state index in [0.29, 0.717) is 16.7 Å². The first kappa shape index (κ1) is 12.0. The van der Waals surface area contributed by atoms with Crippen molar-refractivity contribution >= 4 is 28.8 Å². The molecular weight excluding hydrogens is 236 g/mol. The van der Waals surface area contributed by atoms with E-state index in [1.54, 1.807) is 6.07 Å². The van der Waals surface area contributed by atoms with Crippen LogP contribution in [0.4, 0.5) is 0 Å². The van der Waals surface area contributed by atoms with Gasteiger partial charge in [0.05, 0.1) is 24.4 Å². The Balaban J connectivity index is 2.56. The molecule has 6 heteroatoms. The summed E-state index contributed by atoms with van der Waals surface area (Å²) in [5.41, 5.74) is 0.895. The molecule has 0 radical (unpaired) electrons. The molecule has 0 atom stereocenters. The van der Waals surface area contributed by atoms with Crippen LogP contribution in [0.25, 0.3) is 17.0 Å². The molecule has 0 aromatic carbocycles. The van der Waals surface area contributed by atoms with Crippen LogP contribution in [0.1, 0.15) is 12.6 Å². The number of ketones is 1. The minimum atomic E-state index is -0.697. The van der Waals surface area contributed by atoms with Crippen molar-refractivity contribution in [2.24, 2.45) is 0 Å². The average Bonchev–Trinajstić information content (AvgIpc) is 2.83. The Morgan fingerprint density at radius 3 is 2.89 bits per heavy atom. The molecule has 0 N–H and O–H groups in total. The van der Waals surface area contributed by atoms with Crippen molar-refractivity contribution in [2.75, 3.05) is 7.11 Å². The summed E-state index contributed by atoms with van der Waals surface area (Å²) in [5, 5.41) is 4.26. The molecule has 2 heterocycles. The summed E-state index contributed by atoms with van der Waals surface area (Å²) in [7, 11) is 1.21. The summed E-state index contributed by atoms with van der Waals surface area (Å²) in [6.45, 7) is 1.29. The molecule has 0 spiro atoms. The number of pyridine rings is 1. The fourth-order valence-electron chi connectivity index (χ4n) is 1.48. The molecule has 18 heavy (non-hydrogen) atoms. The molecule has 0 amide bonds. The molecule has 0 saturated heterocycles. The zero-order chi connectivity index (χ0) is 13.1. The highest BCUT2D eigenvalue weighted by Gasteiger charge is 2.16. The molecule has 6 nitrogen and oxygen atoms in total. The largest absolute Gasteiger partial charge is 0.465 e. The fourth-order valence-corrected chi connectivity index (χ4v) is 1.48. The summed E-state index contributed by atoms with van der Waals surface area (Å²) < 4.78 is 9.51. The zero-order valence-corrected chi connectivity index (χ0v) is 9.84. The number of ether oxygens (including phenoxy) is 1. The van der Waals surface area contributed by atoms with Gasteiger partial charge in [-0.05, 0) is 13.0 Å². The summed E-state index contributed by atoms with van der Waals surface area (Å²) in [5.74, 6) is -1.09. The molecule has 2 aromatic heterocycles. The van der Waals surface area contributed by atoms with E-state index < -0.39 is 11.8 Å². The SMILES string of the molecule is COC(=O)C(=Cc1nccc2oncc12)C(C)=O. The van der Waals surface area contributed by atoms with Crippen molar-refractivity contribution in [1.82, 2.24) is 10.1 Å². The molecule has 0 aliphatic carbocycles. The van der Waals surface area contributed by atoms with Crippen LogP contribution in [0.2, 0.25) is 0 Å². The van der Waals surface area contributed by atoms with E-state index in [0.717, 1.165) is 0 Å². The topological polar surface area (TPSA) is 82.3 Å². The smallest absolute Gasteiger partial charge is 0.341 e. The molecule has 0 fully saturated rings. The highest BCUT2D eigenvalue weighted by atomic mass is 16.5. The van der Waals surface area contributed by atoms with E-state index in [2.05, 4.69) is 14.9 Å². The van der Waals surface area contributed by atoms with Crippen LogP contribution in [-0.4, -0.2) is 29.0 Å². The number of nitrogens with zero attached hydrogens (tertiary/aromatic N) is 2. The minimum Gasteiger partial charge on any atom is -0.465 e. The van der Waals surface area contributed by atoms with Crippen LogP contribution in [-0.2, 0) is 14.3 Å². The number of esters is 1. The van der Waals surface area contributed by atoms with Gasteiger partial charge in [0.1, 0.15) is 5.57 Å². The Morgan fingerprint density at radius 2 is 2.22 bits per heavy atom. The number of carbonyl (C=O) groups is 2. The Kier molecular flexibility index (Phi) is 3.18. The van der Waals surface area contributed by atoms with Crippen molar-refractivity contribution < 1.29 is 18.8 Å². The van der Waals surface area contributed by atoms with Crippen molar-refractivity contribution in [1.29, 1.82) is 0 Å². The summed E-state index contributed by atoms with van der Waals surface area (Å²) >= 11 is 0. The number of hydrogen-bond acceptors (Lipinski definition) is 6. The molecule has 92 valence electrons. The van der Waals surface area contributed by atoms with E-state index in [4.69, 9.17) is 4.52 Å². The highest BCUT2D eigenvalue weighted by molar-refractivity contribution is 6.20.